The summed E-state index contributed by atoms with van der Waals surface area (Å²) in [6, 6.07) is 4.52. The maximum absolute atomic E-state index is 13.2. The highest BCUT2D eigenvalue weighted by molar-refractivity contribution is 6.22. The van der Waals surface area contributed by atoms with Crippen LogP contribution < -0.4 is 0 Å². The van der Waals surface area contributed by atoms with Crippen LogP contribution in [-0.2, 0) is 38.1 Å². The Hall–Kier alpha value is -3.35. The van der Waals surface area contributed by atoms with Gasteiger partial charge in [-0.1, -0.05) is 12.1 Å². The standard InChI is InChI=1S/C24H29NO11/c1-5-32-10-9-25-23(30)16-8-6-7-15(18(16)24(25)31)20-19(29)22(35-14(4)28)21(34-13(3)27)17(36-20)11-33-12(2)26/h6-8,17,19-22,29H,5,9-11H2,1-4H3/t17-,19-,20-,21-,22-/m1/s1. The molecule has 2 amide bonds. The molecule has 0 spiro atoms. The van der Waals surface area contributed by atoms with Crippen molar-refractivity contribution in [3.05, 3.63) is 34.9 Å². The summed E-state index contributed by atoms with van der Waals surface area (Å²) in [4.78, 5) is 62.2. The molecule has 0 unspecified atom stereocenters. The Morgan fingerprint density at radius 2 is 1.67 bits per heavy atom. The fourth-order valence-electron chi connectivity index (χ4n) is 4.28. The first-order valence-electron chi connectivity index (χ1n) is 11.4. The van der Waals surface area contributed by atoms with E-state index in [1.54, 1.807) is 6.92 Å². The van der Waals surface area contributed by atoms with Crippen LogP contribution in [0.3, 0.4) is 0 Å². The zero-order chi connectivity index (χ0) is 26.6. The Kier molecular flexibility index (Phi) is 8.77. The van der Waals surface area contributed by atoms with Gasteiger partial charge in [0.25, 0.3) is 11.8 Å². The summed E-state index contributed by atoms with van der Waals surface area (Å²) in [7, 11) is 0. The van der Waals surface area contributed by atoms with Gasteiger partial charge in [0.15, 0.2) is 12.2 Å². The van der Waals surface area contributed by atoms with E-state index in [0.717, 1.165) is 18.7 Å². The number of ether oxygens (including phenoxy) is 5. The van der Waals surface area contributed by atoms with Crippen LogP contribution in [-0.4, -0.2) is 90.5 Å². The average molecular weight is 507 g/mol. The van der Waals surface area contributed by atoms with Crippen LogP contribution in [0.1, 0.15) is 60.1 Å². The lowest BCUT2D eigenvalue weighted by Gasteiger charge is -2.43. The Labute approximate surface area is 207 Å². The van der Waals surface area contributed by atoms with Crippen molar-refractivity contribution in [1.82, 2.24) is 4.90 Å². The number of nitrogens with zero attached hydrogens (tertiary/aromatic N) is 1. The fourth-order valence-corrected chi connectivity index (χ4v) is 4.28. The topological polar surface area (TPSA) is 155 Å². The number of carbonyl (C=O) groups excluding carboxylic acids is 5. The third-order valence-electron chi connectivity index (χ3n) is 5.71. The van der Waals surface area contributed by atoms with Gasteiger partial charge in [0.2, 0.25) is 0 Å². The van der Waals surface area contributed by atoms with Crippen LogP contribution >= 0.6 is 0 Å². The van der Waals surface area contributed by atoms with E-state index >= 15 is 0 Å². The van der Waals surface area contributed by atoms with Crippen LogP contribution in [0, 0.1) is 0 Å². The summed E-state index contributed by atoms with van der Waals surface area (Å²) >= 11 is 0. The van der Waals surface area contributed by atoms with Crippen LogP contribution in [0.4, 0.5) is 0 Å². The molecular formula is C24H29NO11. The Morgan fingerprint density at radius 1 is 1.00 bits per heavy atom. The molecule has 196 valence electrons. The van der Waals surface area contributed by atoms with Crippen molar-refractivity contribution in [2.45, 2.75) is 58.2 Å². The van der Waals surface area contributed by atoms with E-state index < -0.39 is 66.8 Å². The van der Waals surface area contributed by atoms with Gasteiger partial charge in [-0.2, -0.15) is 0 Å². The first-order chi connectivity index (χ1) is 17.1. The SMILES string of the molecule is CCOCCN1C(=O)c2cccc([C@H]3O[C@H](COC(C)=O)[C@@H](OC(C)=O)[C@H](OC(C)=O)[C@@H]3O)c2C1=O. The minimum atomic E-state index is -1.60. The number of hydrogen-bond acceptors (Lipinski definition) is 11. The van der Waals surface area contributed by atoms with Crippen molar-refractivity contribution >= 4 is 29.7 Å². The first-order valence-corrected chi connectivity index (χ1v) is 11.4. The lowest BCUT2D eigenvalue weighted by molar-refractivity contribution is -0.249. The molecule has 0 aliphatic carbocycles. The molecule has 5 atom stereocenters. The van der Waals surface area contributed by atoms with E-state index in [-0.39, 0.29) is 29.8 Å². The highest BCUT2D eigenvalue weighted by Gasteiger charge is 2.52. The molecule has 1 aromatic carbocycles. The van der Waals surface area contributed by atoms with Gasteiger partial charge in [0.05, 0.1) is 24.3 Å². The normalized spacial score (nSPS) is 25.4. The molecule has 1 aromatic rings. The van der Waals surface area contributed by atoms with E-state index in [1.165, 1.54) is 25.1 Å². The molecule has 2 aliphatic heterocycles. The second-order valence-electron chi connectivity index (χ2n) is 8.27. The monoisotopic (exact) mass is 507 g/mol. The molecule has 0 saturated carbocycles. The van der Waals surface area contributed by atoms with Gasteiger partial charge >= 0.3 is 17.9 Å². The molecule has 12 heteroatoms. The minimum Gasteiger partial charge on any atom is -0.463 e. The maximum atomic E-state index is 13.2. The second kappa shape index (κ2) is 11.6. The van der Waals surface area contributed by atoms with Crippen molar-refractivity contribution in [2.75, 3.05) is 26.4 Å². The molecule has 36 heavy (non-hydrogen) atoms. The molecular weight excluding hydrogens is 478 g/mol. The number of aliphatic hydroxyl groups excluding tert-OH is 1. The summed E-state index contributed by atoms with van der Waals surface area (Å²) in [5.74, 6) is -3.27. The number of esters is 3. The number of imide groups is 1. The Morgan fingerprint density at radius 3 is 2.28 bits per heavy atom. The van der Waals surface area contributed by atoms with Crippen molar-refractivity contribution in [2.24, 2.45) is 0 Å². The van der Waals surface area contributed by atoms with E-state index in [2.05, 4.69) is 0 Å². The molecule has 3 rings (SSSR count). The van der Waals surface area contributed by atoms with Gasteiger partial charge in [0.1, 0.15) is 24.9 Å². The Balaban J connectivity index is 2.02. The molecule has 1 N–H and O–H groups in total. The molecule has 0 aromatic heterocycles. The van der Waals surface area contributed by atoms with Crippen molar-refractivity contribution in [1.29, 1.82) is 0 Å². The lowest BCUT2D eigenvalue weighted by Crippen LogP contribution is -2.58. The van der Waals surface area contributed by atoms with Gasteiger partial charge in [-0.25, -0.2) is 0 Å². The molecule has 0 bridgehead atoms. The molecule has 1 saturated heterocycles. The van der Waals surface area contributed by atoms with E-state index in [4.69, 9.17) is 23.7 Å². The number of carbonyl (C=O) groups is 5. The largest absolute Gasteiger partial charge is 0.463 e. The zero-order valence-corrected chi connectivity index (χ0v) is 20.4. The van der Waals surface area contributed by atoms with Crippen molar-refractivity contribution in [3.8, 4) is 0 Å². The molecule has 2 heterocycles. The Bertz CT molecular complexity index is 1040. The number of amides is 2. The molecule has 2 aliphatic rings. The summed E-state index contributed by atoms with van der Waals surface area (Å²) in [5.41, 5.74) is 0.317. The summed E-state index contributed by atoms with van der Waals surface area (Å²) in [6.45, 7) is 5.41. The number of fused-ring (bicyclic) bond motifs is 1. The van der Waals surface area contributed by atoms with Gasteiger partial charge in [-0.15, -0.1) is 0 Å². The van der Waals surface area contributed by atoms with Crippen molar-refractivity contribution < 1.29 is 52.8 Å². The lowest BCUT2D eigenvalue weighted by atomic mass is 9.87. The second-order valence-corrected chi connectivity index (χ2v) is 8.27. The van der Waals surface area contributed by atoms with Gasteiger partial charge in [-0.3, -0.25) is 28.9 Å². The highest BCUT2D eigenvalue weighted by atomic mass is 16.6. The maximum Gasteiger partial charge on any atom is 0.303 e. The summed E-state index contributed by atoms with van der Waals surface area (Å²) in [6.07, 6.45) is -6.77. The third-order valence-corrected chi connectivity index (χ3v) is 5.71. The highest BCUT2D eigenvalue weighted by Crippen LogP contribution is 2.39. The van der Waals surface area contributed by atoms with E-state index in [0.29, 0.717) is 6.61 Å². The van der Waals surface area contributed by atoms with Gasteiger partial charge in [0, 0.05) is 27.4 Å². The average Bonchev–Trinajstić information content (AvgIpc) is 3.05. The van der Waals surface area contributed by atoms with Crippen LogP contribution in [0.15, 0.2) is 18.2 Å². The van der Waals surface area contributed by atoms with Crippen LogP contribution in [0.25, 0.3) is 0 Å². The van der Waals surface area contributed by atoms with Crippen LogP contribution in [0.2, 0.25) is 0 Å². The summed E-state index contributed by atoms with van der Waals surface area (Å²) < 4.78 is 26.9. The zero-order valence-electron chi connectivity index (χ0n) is 20.4. The van der Waals surface area contributed by atoms with E-state index in [1.807, 2.05) is 0 Å². The fraction of sp³-hybridized carbons (Fsp3) is 0.542. The number of hydrogen-bond donors (Lipinski definition) is 1. The molecule has 0 radical (unpaired) electrons. The van der Waals surface area contributed by atoms with Crippen LogP contribution in [0.5, 0.6) is 0 Å². The van der Waals surface area contributed by atoms with Gasteiger partial charge < -0.3 is 28.8 Å². The van der Waals surface area contributed by atoms with Gasteiger partial charge in [-0.05, 0) is 18.6 Å². The summed E-state index contributed by atoms with van der Waals surface area (Å²) in [5, 5.41) is 11.2. The molecule has 1 fully saturated rings. The number of aliphatic hydroxyl groups is 1. The van der Waals surface area contributed by atoms with Crippen molar-refractivity contribution in [3.63, 3.8) is 0 Å². The predicted molar refractivity (Wildman–Crippen MR) is 120 cm³/mol. The molecule has 12 nitrogen and oxygen atoms in total. The minimum absolute atomic E-state index is 0.0294. The number of rotatable bonds is 9. The predicted octanol–water partition coefficient (Wildman–Crippen LogP) is 0.546. The first kappa shape index (κ1) is 27.2. The van der Waals surface area contributed by atoms with E-state index in [9.17, 15) is 29.1 Å². The quantitative estimate of drug-likeness (QED) is 0.216. The number of benzene rings is 1. The third kappa shape index (κ3) is 5.72. The smallest absolute Gasteiger partial charge is 0.303 e.